The Labute approximate surface area is 163 Å². The van der Waals surface area contributed by atoms with Crippen LogP contribution in [0, 0.1) is 19.7 Å². The van der Waals surface area contributed by atoms with E-state index < -0.39 is 6.04 Å². The summed E-state index contributed by atoms with van der Waals surface area (Å²) >= 11 is 0. The SMILES string of the molecule is Cc1ccc(N[C@@H](c2nnc(-c3ccccc3)o2)c2ccccc2F)cc1C. The number of benzene rings is 3. The lowest BCUT2D eigenvalue weighted by Crippen LogP contribution is -2.14. The van der Waals surface area contributed by atoms with Gasteiger partial charge in [-0.2, -0.15) is 0 Å². The Morgan fingerprint density at radius 1 is 0.857 bits per heavy atom. The summed E-state index contributed by atoms with van der Waals surface area (Å²) in [5, 5.41) is 11.7. The van der Waals surface area contributed by atoms with Crippen molar-refractivity contribution in [1.82, 2.24) is 10.2 Å². The van der Waals surface area contributed by atoms with Crippen LogP contribution >= 0.6 is 0 Å². The van der Waals surface area contributed by atoms with Crippen molar-refractivity contribution >= 4 is 5.69 Å². The molecule has 0 aliphatic carbocycles. The lowest BCUT2D eigenvalue weighted by molar-refractivity contribution is 0.485. The third-order valence-electron chi connectivity index (χ3n) is 4.74. The molecular formula is C23H20FN3O. The van der Waals surface area contributed by atoms with Crippen molar-refractivity contribution in [3.63, 3.8) is 0 Å². The topological polar surface area (TPSA) is 51.0 Å². The van der Waals surface area contributed by atoms with Gasteiger partial charge in [-0.3, -0.25) is 0 Å². The maximum Gasteiger partial charge on any atom is 0.247 e. The molecule has 1 atom stereocenters. The standard InChI is InChI=1S/C23H20FN3O/c1-15-12-13-18(14-16(15)2)25-21(19-10-6-7-11-20(19)24)23-27-26-22(28-23)17-8-4-3-5-9-17/h3-14,21,25H,1-2H3/t21-/m1/s1. The average molecular weight is 373 g/mol. The first kappa shape index (κ1) is 17.9. The van der Waals surface area contributed by atoms with Gasteiger partial charge in [-0.1, -0.05) is 42.5 Å². The summed E-state index contributed by atoms with van der Waals surface area (Å²) in [6, 6.07) is 21.5. The molecule has 4 aromatic rings. The first-order valence-corrected chi connectivity index (χ1v) is 9.09. The van der Waals surface area contributed by atoms with Gasteiger partial charge in [0.2, 0.25) is 11.8 Å². The van der Waals surface area contributed by atoms with Crippen molar-refractivity contribution in [2.75, 3.05) is 5.32 Å². The molecule has 0 aliphatic rings. The predicted octanol–water partition coefficient (Wildman–Crippen LogP) is 5.69. The number of rotatable bonds is 5. The van der Waals surface area contributed by atoms with Gasteiger partial charge in [0.25, 0.3) is 0 Å². The van der Waals surface area contributed by atoms with Crippen molar-refractivity contribution in [1.29, 1.82) is 0 Å². The fourth-order valence-corrected chi connectivity index (χ4v) is 3.03. The summed E-state index contributed by atoms with van der Waals surface area (Å²) in [5.41, 5.74) is 4.46. The van der Waals surface area contributed by atoms with Crippen LogP contribution in [-0.4, -0.2) is 10.2 Å². The molecule has 5 heteroatoms. The number of aryl methyl sites for hydroxylation is 2. The van der Waals surface area contributed by atoms with Crippen LogP contribution in [0.4, 0.5) is 10.1 Å². The molecule has 4 nitrogen and oxygen atoms in total. The van der Waals surface area contributed by atoms with E-state index >= 15 is 0 Å². The quantitative estimate of drug-likeness (QED) is 0.488. The van der Waals surface area contributed by atoms with Crippen LogP contribution in [-0.2, 0) is 0 Å². The molecule has 0 unspecified atom stereocenters. The van der Waals surface area contributed by atoms with Gasteiger partial charge in [0.15, 0.2) is 0 Å². The fourth-order valence-electron chi connectivity index (χ4n) is 3.03. The molecule has 3 aromatic carbocycles. The Morgan fingerprint density at radius 3 is 2.36 bits per heavy atom. The highest BCUT2D eigenvalue weighted by Gasteiger charge is 2.24. The van der Waals surface area contributed by atoms with E-state index in [1.165, 1.54) is 11.6 Å². The van der Waals surface area contributed by atoms with E-state index in [-0.39, 0.29) is 5.82 Å². The normalized spacial score (nSPS) is 12.0. The highest BCUT2D eigenvalue weighted by atomic mass is 19.1. The summed E-state index contributed by atoms with van der Waals surface area (Å²) < 4.78 is 20.5. The molecule has 1 aromatic heterocycles. The first-order valence-electron chi connectivity index (χ1n) is 9.09. The number of hydrogen-bond donors (Lipinski definition) is 1. The molecule has 0 saturated heterocycles. The van der Waals surface area contributed by atoms with Gasteiger partial charge in [0.1, 0.15) is 11.9 Å². The maximum absolute atomic E-state index is 14.6. The minimum atomic E-state index is -0.603. The van der Waals surface area contributed by atoms with Crippen molar-refractivity contribution < 1.29 is 8.81 Å². The molecule has 1 N–H and O–H groups in total. The van der Waals surface area contributed by atoms with E-state index in [1.807, 2.05) is 55.5 Å². The van der Waals surface area contributed by atoms with Gasteiger partial charge in [-0.05, 0) is 55.3 Å². The van der Waals surface area contributed by atoms with Crippen LogP contribution in [0.5, 0.6) is 0 Å². The summed E-state index contributed by atoms with van der Waals surface area (Å²) in [4.78, 5) is 0. The van der Waals surface area contributed by atoms with Crippen LogP contribution in [0.15, 0.2) is 77.2 Å². The zero-order chi connectivity index (χ0) is 19.5. The maximum atomic E-state index is 14.6. The smallest absolute Gasteiger partial charge is 0.247 e. The van der Waals surface area contributed by atoms with Crippen molar-refractivity contribution in [2.45, 2.75) is 19.9 Å². The Morgan fingerprint density at radius 2 is 1.61 bits per heavy atom. The lowest BCUT2D eigenvalue weighted by Gasteiger charge is -2.18. The van der Waals surface area contributed by atoms with Gasteiger partial charge in [-0.15, -0.1) is 10.2 Å². The molecule has 1 heterocycles. The molecule has 0 aliphatic heterocycles. The zero-order valence-corrected chi connectivity index (χ0v) is 15.7. The molecule has 0 amide bonds. The number of anilines is 1. The second-order valence-corrected chi connectivity index (χ2v) is 6.71. The Bertz CT molecular complexity index is 1090. The minimum Gasteiger partial charge on any atom is -0.418 e. The summed E-state index contributed by atoms with van der Waals surface area (Å²) in [6.45, 7) is 4.09. The van der Waals surface area contributed by atoms with Gasteiger partial charge in [-0.25, -0.2) is 4.39 Å². The Kier molecular flexibility index (Phi) is 4.89. The van der Waals surface area contributed by atoms with E-state index in [0.717, 1.165) is 16.8 Å². The van der Waals surface area contributed by atoms with Crippen LogP contribution in [0.3, 0.4) is 0 Å². The molecule has 0 spiro atoms. The highest BCUT2D eigenvalue weighted by Crippen LogP contribution is 2.30. The molecular weight excluding hydrogens is 353 g/mol. The van der Waals surface area contributed by atoms with E-state index in [0.29, 0.717) is 17.3 Å². The van der Waals surface area contributed by atoms with E-state index in [9.17, 15) is 4.39 Å². The van der Waals surface area contributed by atoms with Crippen LogP contribution < -0.4 is 5.32 Å². The van der Waals surface area contributed by atoms with Gasteiger partial charge >= 0.3 is 0 Å². The second kappa shape index (κ2) is 7.64. The largest absolute Gasteiger partial charge is 0.418 e. The van der Waals surface area contributed by atoms with Gasteiger partial charge in [0.05, 0.1) is 0 Å². The molecule has 0 bridgehead atoms. The van der Waals surface area contributed by atoms with Crippen LogP contribution in [0.1, 0.15) is 28.6 Å². The number of halogens is 1. The average Bonchev–Trinajstić information content (AvgIpc) is 3.20. The van der Waals surface area contributed by atoms with Crippen molar-refractivity contribution in [3.8, 4) is 11.5 Å². The minimum absolute atomic E-state index is 0.308. The number of nitrogens with one attached hydrogen (secondary N) is 1. The Balaban J connectivity index is 1.74. The van der Waals surface area contributed by atoms with E-state index in [2.05, 4.69) is 22.4 Å². The molecule has 0 fully saturated rings. The van der Waals surface area contributed by atoms with Gasteiger partial charge in [0, 0.05) is 16.8 Å². The summed E-state index contributed by atoms with van der Waals surface area (Å²) in [6.07, 6.45) is 0. The highest BCUT2D eigenvalue weighted by molar-refractivity contribution is 5.53. The van der Waals surface area contributed by atoms with E-state index in [4.69, 9.17) is 4.42 Å². The molecule has 140 valence electrons. The Hall–Kier alpha value is -3.47. The third-order valence-corrected chi connectivity index (χ3v) is 4.74. The van der Waals surface area contributed by atoms with E-state index in [1.54, 1.807) is 18.2 Å². The van der Waals surface area contributed by atoms with Crippen molar-refractivity contribution in [2.24, 2.45) is 0 Å². The van der Waals surface area contributed by atoms with Crippen molar-refractivity contribution in [3.05, 3.63) is 101 Å². The number of aromatic nitrogens is 2. The first-order chi connectivity index (χ1) is 13.6. The van der Waals surface area contributed by atoms with Gasteiger partial charge < -0.3 is 9.73 Å². The zero-order valence-electron chi connectivity index (χ0n) is 15.7. The molecule has 28 heavy (non-hydrogen) atoms. The fraction of sp³-hybridized carbons (Fsp3) is 0.130. The monoisotopic (exact) mass is 373 g/mol. The van der Waals surface area contributed by atoms with Crippen LogP contribution in [0.2, 0.25) is 0 Å². The number of nitrogens with zero attached hydrogens (tertiary/aromatic N) is 2. The molecule has 0 saturated carbocycles. The predicted molar refractivity (Wildman–Crippen MR) is 108 cm³/mol. The number of hydrogen-bond acceptors (Lipinski definition) is 4. The summed E-state index contributed by atoms with van der Waals surface area (Å²) in [7, 11) is 0. The lowest BCUT2D eigenvalue weighted by atomic mass is 10.0. The summed E-state index contributed by atoms with van der Waals surface area (Å²) in [5.74, 6) is 0.379. The van der Waals surface area contributed by atoms with Crippen LogP contribution in [0.25, 0.3) is 11.5 Å². The molecule has 0 radical (unpaired) electrons. The molecule has 4 rings (SSSR count). The second-order valence-electron chi connectivity index (χ2n) is 6.71. The third kappa shape index (κ3) is 3.64.